The highest BCUT2D eigenvalue weighted by molar-refractivity contribution is 6.34. The number of nitrogens with one attached hydrogen (secondary N) is 2. The molecule has 0 aliphatic rings. The van der Waals surface area contributed by atoms with Crippen LogP contribution in [0, 0.1) is 20.8 Å². The number of benzene rings is 2. The van der Waals surface area contributed by atoms with Gasteiger partial charge in [-0.1, -0.05) is 41.0 Å². The molecule has 2 N–H and O–H groups in total. The average molecular weight is 426 g/mol. The lowest BCUT2D eigenvalue weighted by molar-refractivity contribution is 0.0938. The van der Waals surface area contributed by atoms with Crippen LogP contribution < -0.4 is 10.6 Å². The van der Waals surface area contributed by atoms with Gasteiger partial charge in [-0.3, -0.25) is 9.59 Å². The van der Waals surface area contributed by atoms with Crippen LogP contribution >= 0.6 is 11.6 Å². The van der Waals surface area contributed by atoms with E-state index in [1.165, 1.54) is 0 Å². The van der Waals surface area contributed by atoms with Crippen molar-refractivity contribution in [2.24, 2.45) is 0 Å². The highest BCUT2D eigenvalue weighted by Crippen LogP contribution is 2.20. The summed E-state index contributed by atoms with van der Waals surface area (Å²) in [6.07, 6.45) is 0.646. The van der Waals surface area contributed by atoms with Crippen molar-refractivity contribution in [2.45, 2.75) is 40.2 Å². The molecule has 3 rings (SSSR count). The Labute approximate surface area is 180 Å². The second-order valence-electron chi connectivity index (χ2n) is 7.36. The number of rotatable bonds is 6. The maximum absolute atomic E-state index is 12.6. The molecule has 1 heterocycles. The Morgan fingerprint density at radius 1 is 1.03 bits per heavy atom. The van der Waals surface area contributed by atoms with Crippen molar-refractivity contribution in [1.82, 2.24) is 10.5 Å². The molecule has 30 heavy (non-hydrogen) atoms. The van der Waals surface area contributed by atoms with Crippen LogP contribution in [0.3, 0.4) is 0 Å². The van der Waals surface area contributed by atoms with Crippen LogP contribution in [0.2, 0.25) is 5.02 Å². The first-order valence-electron chi connectivity index (χ1n) is 9.65. The van der Waals surface area contributed by atoms with Crippen molar-refractivity contribution >= 4 is 29.1 Å². The fourth-order valence-electron chi connectivity index (χ4n) is 3.34. The first kappa shape index (κ1) is 21.6. The summed E-state index contributed by atoms with van der Waals surface area (Å²) in [5, 5.41) is 10.1. The molecular weight excluding hydrogens is 402 g/mol. The Balaban J connectivity index is 1.60. The van der Waals surface area contributed by atoms with E-state index in [0.29, 0.717) is 39.7 Å². The van der Waals surface area contributed by atoms with E-state index in [0.717, 1.165) is 11.1 Å². The average Bonchev–Trinajstić information content (AvgIpc) is 3.01. The van der Waals surface area contributed by atoms with Crippen molar-refractivity contribution in [3.63, 3.8) is 0 Å². The van der Waals surface area contributed by atoms with Gasteiger partial charge in [0.1, 0.15) is 11.3 Å². The lowest BCUT2D eigenvalue weighted by Gasteiger charge is -2.16. The van der Waals surface area contributed by atoms with Gasteiger partial charge in [0.2, 0.25) is 0 Å². The maximum atomic E-state index is 12.6. The number of carbonyl (C=O) groups is 2. The normalized spacial score (nSPS) is 11.8. The van der Waals surface area contributed by atoms with E-state index in [-0.39, 0.29) is 17.9 Å². The molecule has 2 amide bonds. The molecule has 156 valence electrons. The number of amides is 2. The van der Waals surface area contributed by atoms with E-state index in [2.05, 4.69) is 15.8 Å². The third-order valence-electron chi connectivity index (χ3n) is 4.84. The summed E-state index contributed by atoms with van der Waals surface area (Å²) in [4.78, 5) is 25.0. The number of aryl methyl sites for hydroxylation is 3. The topological polar surface area (TPSA) is 84.2 Å². The molecule has 3 aromatic rings. The zero-order valence-corrected chi connectivity index (χ0v) is 18.1. The molecule has 0 aliphatic carbocycles. The molecule has 0 saturated carbocycles. The first-order valence-corrected chi connectivity index (χ1v) is 10.0. The Morgan fingerprint density at radius 2 is 1.73 bits per heavy atom. The number of halogens is 1. The Hall–Kier alpha value is -3.12. The van der Waals surface area contributed by atoms with Crippen LogP contribution in [0.5, 0.6) is 0 Å². The predicted molar refractivity (Wildman–Crippen MR) is 117 cm³/mol. The summed E-state index contributed by atoms with van der Waals surface area (Å²) < 4.78 is 5.04. The minimum Gasteiger partial charge on any atom is -0.361 e. The van der Waals surface area contributed by atoms with Crippen molar-refractivity contribution in [1.29, 1.82) is 0 Å². The van der Waals surface area contributed by atoms with E-state index in [1.807, 2.05) is 50.2 Å². The minimum atomic E-state index is -0.255. The van der Waals surface area contributed by atoms with Gasteiger partial charge in [-0.05, 0) is 63.4 Å². The van der Waals surface area contributed by atoms with Gasteiger partial charge in [-0.2, -0.15) is 0 Å². The quantitative estimate of drug-likeness (QED) is 0.590. The third kappa shape index (κ3) is 4.89. The zero-order chi connectivity index (χ0) is 21.8. The smallest absolute Gasteiger partial charge is 0.261 e. The van der Waals surface area contributed by atoms with Crippen LogP contribution in [0.1, 0.15) is 50.2 Å². The van der Waals surface area contributed by atoms with E-state index >= 15 is 0 Å². The van der Waals surface area contributed by atoms with Gasteiger partial charge in [0.25, 0.3) is 11.8 Å². The number of anilines is 1. The van der Waals surface area contributed by atoms with Crippen molar-refractivity contribution in [3.8, 4) is 0 Å². The van der Waals surface area contributed by atoms with Crippen molar-refractivity contribution < 1.29 is 14.1 Å². The molecular formula is C23H24ClN3O3. The van der Waals surface area contributed by atoms with E-state index in [4.69, 9.17) is 16.1 Å². The molecule has 1 unspecified atom stereocenters. The standard InChI is InChI=1S/C23H24ClN3O3/c1-13-6-5-7-19(24)20(13)22(28)25-14(2)12-17-8-10-18(11-9-17)26-23(29)21-15(3)27-30-16(21)4/h5-11,14H,12H2,1-4H3,(H,25,28)(H,26,29). The highest BCUT2D eigenvalue weighted by Gasteiger charge is 2.18. The van der Waals surface area contributed by atoms with Gasteiger partial charge < -0.3 is 15.2 Å². The summed E-state index contributed by atoms with van der Waals surface area (Å²) in [7, 11) is 0. The molecule has 0 spiro atoms. The van der Waals surface area contributed by atoms with Gasteiger partial charge >= 0.3 is 0 Å². The summed E-state index contributed by atoms with van der Waals surface area (Å²) >= 11 is 6.18. The van der Waals surface area contributed by atoms with Crippen LogP contribution in [-0.4, -0.2) is 23.0 Å². The summed E-state index contributed by atoms with van der Waals surface area (Å²) in [5.41, 5.74) is 4.06. The Bertz CT molecular complexity index is 1030. The van der Waals surface area contributed by atoms with E-state index < -0.39 is 0 Å². The molecule has 7 heteroatoms. The number of nitrogens with zero attached hydrogens (tertiary/aromatic N) is 1. The number of aromatic nitrogens is 1. The van der Waals surface area contributed by atoms with Gasteiger partial charge in [0.05, 0.1) is 16.3 Å². The Morgan fingerprint density at radius 3 is 2.33 bits per heavy atom. The van der Waals surface area contributed by atoms with Crippen LogP contribution in [0.15, 0.2) is 47.0 Å². The number of hydrogen-bond donors (Lipinski definition) is 2. The SMILES string of the molecule is Cc1cccc(Cl)c1C(=O)NC(C)Cc1ccc(NC(=O)c2c(C)noc2C)cc1. The fourth-order valence-corrected chi connectivity index (χ4v) is 3.65. The second kappa shape index (κ2) is 9.13. The highest BCUT2D eigenvalue weighted by atomic mass is 35.5. The van der Waals surface area contributed by atoms with E-state index in [1.54, 1.807) is 19.9 Å². The van der Waals surface area contributed by atoms with E-state index in [9.17, 15) is 9.59 Å². The summed E-state index contributed by atoms with van der Waals surface area (Å²) in [5.74, 6) is 0.0450. The van der Waals surface area contributed by atoms with Gasteiger partial charge in [0.15, 0.2) is 0 Å². The molecule has 2 aromatic carbocycles. The Kier molecular flexibility index (Phi) is 6.57. The fraction of sp³-hybridized carbons (Fsp3) is 0.261. The largest absolute Gasteiger partial charge is 0.361 e. The van der Waals surface area contributed by atoms with Gasteiger partial charge in [-0.15, -0.1) is 0 Å². The molecule has 1 aromatic heterocycles. The van der Waals surface area contributed by atoms with Crippen LogP contribution in [0.4, 0.5) is 5.69 Å². The predicted octanol–water partition coefficient (Wildman–Crippen LogP) is 4.87. The second-order valence-corrected chi connectivity index (χ2v) is 7.77. The molecule has 1 atom stereocenters. The molecule has 0 saturated heterocycles. The van der Waals surface area contributed by atoms with Crippen molar-refractivity contribution in [2.75, 3.05) is 5.32 Å². The minimum absolute atomic E-state index is 0.0871. The molecule has 0 bridgehead atoms. The summed E-state index contributed by atoms with van der Waals surface area (Å²) in [6.45, 7) is 7.24. The molecule has 0 aliphatic heterocycles. The zero-order valence-electron chi connectivity index (χ0n) is 17.4. The molecule has 0 fully saturated rings. The third-order valence-corrected chi connectivity index (χ3v) is 5.16. The molecule has 0 radical (unpaired) electrons. The van der Waals surface area contributed by atoms with Crippen molar-refractivity contribution in [3.05, 3.63) is 81.2 Å². The maximum Gasteiger partial charge on any atom is 0.261 e. The first-order chi connectivity index (χ1) is 14.3. The lowest BCUT2D eigenvalue weighted by atomic mass is 10.0. The van der Waals surface area contributed by atoms with Gasteiger partial charge in [-0.25, -0.2) is 0 Å². The number of carbonyl (C=O) groups excluding carboxylic acids is 2. The lowest BCUT2D eigenvalue weighted by Crippen LogP contribution is -2.34. The monoisotopic (exact) mass is 425 g/mol. The number of hydrogen-bond acceptors (Lipinski definition) is 4. The van der Waals surface area contributed by atoms with Crippen LogP contribution in [-0.2, 0) is 6.42 Å². The molecule has 6 nitrogen and oxygen atoms in total. The van der Waals surface area contributed by atoms with Crippen LogP contribution in [0.25, 0.3) is 0 Å². The summed E-state index contributed by atoms with van der Waals surface area (Å²) in [6, 6.07) is 12.8. The van der Waals surface area contributed by atoms with Gasteiger partial charge in [0, 0.05) is 11.7 Å².